The number of rotatable bonds is 4. The molecule has 0 saturated heterocycles. The molecule has 2 aromatic heterocycles. The fourth-order valence-corrected chi connectivity index (χ4v) is 7.73. The molecule has 0 fully saturated rings. The van der Waals surface area contributed by atoms with E-state index in [2.05, 4.69) is 152 Å². The van der Waals surface area contributed by atoms with Crippen LogP contribution in [0.15, 0.2) is 162 Å². The Bertz CT molecular complexity index is 2480. The Labute approximate surface area is 259 Å². The first-order valence-corrected chi connectivity index (χ1v) is 15.7. The fourth-order valence-electron chi connectivity index (χ4n) is 6.56. The molecule has 2 heteroatoms. The lowest BCUT2D eigenvalue weighted by atomic mass is 9.92. The molecule has 206 valence electrons. The van der Waals surface area contributed by atoms with Crippen LogP contribution in [0.3, 0.4) is 0 Å². The highest BCUT2D eigenvalue weighted by molar-refractivity contribution is 7.26. The number of hydrogen-bond acceptors (Lipinski definition) is 2. The molecule has 0 bridgehead atoms. The van der Waals surface area contributed by atoms with Crippen LogP contribution in [0.4, 0.5) is 0 Å². The number of benzene rings is 7. The molecule has 0 aliphatic carbocycles. The second-order valence-corrected chi connectivity index (χ2v) is 12.4. The maximum Gasteiger partial charge on any atom is 0.143 e. The molecule has 0 aliphatic heterocycles. The summed E-state index contributed by atoms with van der Waals surface area (Å²) in [7, 11) is 0. The van der Waals surface area contributed by atoms with Gasteiger partial charge in [-0.1, -0.05) is 127 Å². The van der Waals surface area contributed by atoms with Crippen molar-refractivity contribution in [3.8, 4) is 44.5 Å². The van der Waals surface area contributed by atoms with Gasteiger partial charge >= 0.3 is 0 Å². The minimum absolute atomic E-state index is 0.920. The van der Waals surface area contributed by atoms with Gasteiger partial charge in [0.1, 0.15) is 11.2 Å². The minimum atomic E-state index is 0.920. The molecule has 0 spiro atoms. The van der Waals surface area contributed by atoms with Crippen LogP contribution in [0.1, 0.15) is 0 Å². The molecular formula is C42H26OS. The zero-order valence-corrected chi connectivity index (χ0v) is 24.6. The van der Waals surface area contributed by atoms with Crippen LogP contribution in [-0.4, -0.2) is 0 Å². The third-order valence-electron chi connectivity index (χ3n) is 8.69. The van der Waals surface area contributed by atoms with Gasteiger partial charge in [0.25, 0.3) is 0 Å². The van der Waals surface area contributed by atoms with Gasteiger partial charge in [0.15, 0.2) is 0 Å². The molecule has 0 aliphatic rings. The summed E-state index contributed by atoms with van der Waals surface area (Å²) in [5.41, 5.74) is 11.5. The number of fused-ring (bicyclic) bond motifs is 6. The van der Waals surface area contributed by atoms with Crippen LogP contribution >= 0.6 is 11.3 Å². The van der Waals surface area contributed by atoms with Gasteiger partial charge in [0.05, 0.1) is 0 Å². The normalized spacial score (nSPS) is 11.6. The summed E-state index contributed by atoms with van der Waals surface area (Å²) in [6.07, 6.45) is 0. The van der Waals surface area contributed by atoms with Gasteiger partial charge in [0, 0.05) is 36.5 Å². The molecule has 9 rings (SSSR count). The number of hydrogen-bond donors (Lipinski definition) is 0. The van der Waals surface area contributed by atoms with E-state index in [1.165, 1.54) is 59.1 Å². The molecule has 2 heterocycles. The van der Waals surface area contributed by atoms with Gasteiger partial charge in [-0.05, 0) is 69.3 Å². The highest BCUT2D eigenvalue weighted by atomic mass is 32.1. The zero-order chi connectivity index (χ0) is 29.0. The fraction of sp³-hybridized carbons (Fsp3) is 0. The summed E-state index contributed by atoms with van der Waals surface area (Å²) in [5, 5.41) is 4.87. The Balaban J connectivity index is 1.23. The van der Waals surface area contributed by atoms with E-state index in [0.29, 0.717) is 0 Å². The molecule has 0 saturated carbocycles. The number of furan rings is 1. The predicted octanol–water partition coefficient (Wildman–Crippen LogP) is 12.6. The van der Waals surface area contributed by atoms with Crippen molar-refractivity contribution >= 4 is 53.4 Å². The standard InChI is InChI=1S/C42H26OS/c1-2-10-27(11-3-1)28-20-22-29(23-21-28)30-12-8-13-31(24-30)32-25-37(41-36-15-5-7-19-39(36)44-40(41)26-32)35-17-9-16-34-33-14-4-6-18-38(33)43-42(34)35/h1-26H. The summed E-state index contributed by atoms with van der Waals surface area (Å²) >= 11 is 1.86. The monoisotopic (exact) mass is 578 g/mol. The second kappa shape index (κ2) is 10.1. The van der Waals surface area contributed by atoms with E-state index in [0.717, 1.165) is 27.5 Å². The van der Waals surface area contributed by atoms with Crippen molar-refractivity contribution in [1.29, 1.82) is 0 Å². The van der Waals surface area contributed by atoms with Gasteiger partial charge in [0.2, 0.25) is 0 Å². The first-order valence-electron chi connectivity index (χ1n) is 14.9. The van der Waals surface area contributed by atoms with Crippen LogP contribution in [0.2, 0.25) is 0 Å². The zero-order valence-electron chi connectivity index (χ0n) is 23.8. The Hall–Kier alpha value is -5.44. The average Bonchev–Trinajstić information content (AvgIpc) is 3.67. The van der Waals surface area contributed by atoms with E-state index in [9.17, 15) is 0 Å². The molecule has 9 aromatic rings. The van der Waals surface area contributed by atoms with Gasteiger partial charge in [-0.25, -0.2) is 0 Å². The summed E-state index contributed by atoms with van der Waals surface area (Å²) in [6, 6.07) is 56.7. The first kappa shape index (κ1) is 25.1. The van der Waals surface area contributed by atoms with Crippen molar-refractivity contribution in [1.82, 2.24) is 0 Å². The molecule has 0 atom stereocenters. The van der Waals surface area contributed by atoms with Crippen molar-refractivity contribution < 1.29 is 4.42 Å². The lowest BCUT2D eigenvalue weighted by molar-refractivity contribution is 0.670. The van der Waals surface area contributed by atoms with Crippen LogP contribution in [-0.2, 0) is 0 Å². The Morgan fingerprint density at radius 3 is 1.82 bits per heavy atom. The van der Waals surface area contributed by atoms with E-state index >= 15 is 0 Å². The molecule has 0 amide bonds. The third kappa shape index (κ3) is 4.07. The molecule has 0 N–H and O–H groups in total. The van der Waals surface area contributed by atoms with E-state index < -0.39 is 0 Å². The molecule has 0 radical (unpaired) electrons. The first-order chi connectivity index (χ1) is 21.8. The van der Waals surface area contributed by atoms with Gasteiger partial charge < -0.3 is 4.42 Å². The van der Waals surface area contributed by atoms with E-state index in [4.69, 9.17) is 4.42 Å². The van der Waals surface area contributed by atoms with Crippen molar-refractivity contribution in [2.24, 2.45) is 0 Å². The van der Waals surface area contributed by atoms with Crippen molar-refractivity contribution in [3.63, 3.8) is 0 Å². The maximum atomic E-state index is 6.54. The molecule has 44 heavy (non-hydrogen) atoms. The highest BCUT2D eigenvalue weighted by Crippen LogP contribution is 2.45. The summed E-state index contributed by atoms with van der Waals surface area (Å²) in [5.74, 6) is 0. The van der Waals surface area contributed by atoms with Crippen molar-refractivity contribution in [2.75, 3.05) is 0 Å². The lowest BCUT2D eigenvalue weighted by Gasteiger charge is -2.12. The van der Waals surface area contributed by atoms with Crippen LogP contribution in [0, 0.1) is 0 Å². The topological polar surface area (TPSA) is 13.1 Å². The van der Waals surface area contributed by atoms with Gasteiger partial charge in [-0.2, -0.15) is 0 Å². The number of thiophene rings is 1. The van der Waals surface area contributed by atoms with Crippen LogP contribution in [0.5, 0.6) is 0 Å². The predicted molar refractivity (Wildman–Crippen MR) is 188 cm³/mol. The molecule has 0 unspecified atom stereocenters. The Morgan fingerprint density at radius 1 is 0.364 bits per heavy atom. The van der Waals surface area contributed by atoms with Crippen molar-refractivity contribution in [2.45, 2.75) is 0 Å². The minimum Gasteiger partial charge on any atom is -0.455 e. The van der Waals surface area contributed by atoms with Crippen molar-refractivity contribution in [3.05, 3.63) is 158 Å². The third-order valence-corrected chi connectivity index (χ3v) is 9.81. The SMILES string of the molecule is c1ccc(-c2ccc(-c3cccc(-c4cc(-c5cccc6c5oc5ccccc56)c5c(c4)sc4ccccc45)c3)cc2)cc1. The van der Waals surface area contributed by atoms with Crippen LogP contribution in [0.25, 0.3) is 86.6 Å². The lowest BCUT2D eigenvalue weighted by Crippen LogP contribution is -1.86. The van der Waals surface area contributed by atoms with E-state index in [-0.39, 0.29) is 0 Å². The summed E-state index contributed by atoms with van der Waals surface area (Å²) in [4.78, 5) is 0. The Morgan fingerprint density at radius 2 is 0.977 bits per heavy atom. The summed E-state index contributed by atoms with van der Waals surface area (Å²) < 4.78 is 9.12. The van der Waals surface area contributed by atoms with Gasteiger partial charge in [-0.3, -0.25) is 0 Å². The molecule has 1 nitrogen and oxygen atoms in total. The second-order valence-electron chi connectivity index (χ2n) is 11.3. The smallest absolute Gasteiger partial charge is 0.143 e. The van der Waals surface area contributed by atoms with E-state index in [1.54, 1.807) is 0 Å². The highest BCUT2D eigenvalue weighted by Gasteiger charge is 2.18. The van der Waals surface area contributed by atoms with E-state index in [1.807, 2.05) is 17.4 Å². The van der Waals surface area contributed by atoms with Crippen LogP contribution < -0.4 is 0 Å². The number of para-hydroxylation sites is 2. The molecular weight excluding hydrogens is 553 g/mol. The molecule has 7 aromatic carbocycles. The Kier molecular flexibility index (Phi) is 5.75. The summed E-state index contributed by atoms with van der Waals surface area (Å²) in [6.45, 7) is 0. The van der Waals surface area contributed by atoms with Gasteiger partial charge in [-0.15, -0.1) is 11.3 Å². The average molecular weight is 579 g/mol. The maximum absolute atomic E-state index is 6.54. The quantitative estimate of drug-likeness (QED) is 0.202. The largest absolute Gasteiger partial charge is 0.455 e.